The SMILES string of the molecule is COC1(C(N)Cc2ccco2)CCC1. The smallest absolute Gasteiger partial charge is 0.105 e. The molecule has 1 atom stereocenters. The van der Waals surface area contributed by atoms with Crippen molar-refractivity contribution >= 4 is 0 Å². The summed E-state index contributed by atoms with van der Waals surface area (Å²) in [6.45, 7) is 0. The van der Waals surface area contributed by atoms with Gasteiger partial charge in [-0.1, -0.05) is 0 Å². The lowest BCUT2D eigenvalue weighted by Gasteiger charge is -2.44. The predicted octanol–water partition coefficient (Wildman–Crippen LogP) is 1.72. The monoisotopic (exact) mass is 195 g/mol. The minimum Gasteiger partial charge on any atom is -0.469 e. The third kappa shape index (κ3) is 1.57. The molecular formula is C11H17NO2. The molecule has 1 heterocycles. The van der Waals surface area contributed by atoms with Gasteiger partial charge in [0.05, 0.1) is 11.9 Å². The molecule has 3 nitrogen and oxygen atoms in total. The molecular weight excluding hydrogens is 178 g/mol. The summed E-state index contributed by atoms with van der Waals surface area (Å²) in [7, 11) is 1.75. The van der Waals surface area contributed by atoms with Gasteiger partial charge in [-0.25, -0.2) is 0 Å². The number of methoxy groups -OCH3 is 1. The molecule has 2 rings (SSSR count). The first-order valence-electron chi connectivity index (χ1n) is 5.10. The Bertz CT molecular complexity index is 272. The molecule has 1 saturated carbocycles. The molecule has 1 aromatic heterocycles. The maximum atomic E-state index is 6.13. The van der Waals surface area contributed by atoms with E-state index in [9.17, 15) is 0 Å². The number of ether oxygens (including phenoxy) is 1. The van der Waals surface area contributed by atoms with Crippen molar-refractivity contribution in [1.29, 1.82) is 0 Å². The minimum absolute atomic E-state index is 0.0485. The largest absolute Gasteiger partial charge is 0.469 e. The van der Waals surface area contributed by atoms with Crippen LogP contribution in [0.25, 0.3) is 0 Å². The number of nitrogens with two attached hydrogens (primary N) is 1. The molecule has 1 unspecified atom stereocenters. The Balaban J connectivity index is 1.98. The highest BCUT2D eigenvalue weighted by Crippen LogP contribution is 2.38. The van der Waals surface area contributed by atoms with Crippen LogP contribution in [0.4, 0.5) is 0 Å². The van der Waals surface area contributed by atoms with Gasteiger partial charge in [-0.15, -0.1) is 0 Å². The van der Waals surface area contributed by atoms with Gasteiger partial charge >= 0.3 is 0 Å². The highest BCUT2D eigenvalue weighted by atomic mass is 16.5. The van der Waals surface area contributed by atoms with E-state index < -0.39 is 0 Å². The lowest BCUT2D eigenvalue weighted by Crippen LogP contribution is -2.55. The molecule has 14 heavy (non-hydrogen) atoms. The van der Waals surface area contributed by atoms with E-state index in [0.717, 1.165) is 25.0 Å². The zero-order valence-electron chi connectivity index (χ0n) is 8.53. The number of hydrogen-bond donors (Lipinski definition) is 1. The second kappa shape index (κ2) is 3.75. The molecule has 1 fully saturated rings. The third-order valence-corrected chi connectivity index (χ3v) is 3.28. The van der Waals surface area contributed by atoms with Gasteiger partial charge in [0.2, 0.25) is 0 Å². The Labute approximate surface area is 84.2 Å². The quantitative estimate of drug-likeness (QED) is 0.795. The Morgan fingerprint density at radius 1 is 1.64 bits per heavy atom. The van der Waals surface area contributed by atoms with Gasteiger partial charge in [0.15, 0.2) is 0 Å². The second-order valence-electron chi connectivity index (χ2n) is 4.01. The van der Waals surface area contributed by atoms with Crippen molar-refractivity contribution in [3.05, 3.63) is 24.2 Å². The van der Waals surface area contributed by atoms with Crippen LogP contribution in [0.1, 0.15) is 25.0 Å². The lowest BCUT2D eigenvalue weighted by molar-refractivity contribution is -0.0904. The maximum absolute atomic E-state index is 6.13. The Morgan fingerprint density at radius 3 is 2.86 bits per heavy atom. The van der Waals surface area contributed by atoms with E-state index in [4.69, 9.17) is 14.9 Å². The number of hydrogen-bond acceptors (Lipinski definition) is 3. The van der Waals surface area contributed by atoms with Gasteiger partial charge in [-0.2, -0.15) is 0 Å². The van der Waals surface area contributed by atoms with Gasteiger partial charge in [-0.3, -0.25) is 0 Å². The van der Waals surface area contributed by atoms with Gasteiger partial charge < -0.3 is 14.9 Å². The van der Waals surface area contributed by atoms with Crippen molar-refractivity contribution in [2.45, 2.75) is 37.3 Å². The third-order valence-electron chi connectivity index (χ3n) is 3.28. The van der Waals surface area contributed by atoms with Crippen LogP contribution in [0.2, 0.25) is 0 Å². The molecule has 0 saturated heterocycles. The summed E-state index contributed by atoms with van der Waals surface area (Å²) < 4.78 is 10.8. The molecule has 78 valence electrons. The van der Waals surface area contributed by atoms with Crippen LogP contribution < -0.4 is 5.73 Å². The highest BCUT2D eigenvalue weighted by Gasteiger charge is 2.42. The molecule has 0 radical (unpaired) electrons. The van der Waals surface area contributed by atoms with E-state index in [-0.39, 0.29) is 11.6 Å². The van der Waals surface area contributed by atoms with Crippen molar-refractivity contribution < 1.29 is 9.15 Å². The first-order chi connectivity index (χ1) is 6.77. The van der Waals surface area contributed by atoms with Gasteiger partial charge in [-0.05, 0) is 31.4 Å². The van der Waals surface area contributed by atoms with E-state index in [1.807, 2.05) is 12.1 Å². The first kappa shape index (κ1) is 9.74. The molecule has 0 aromatic carbocycles. The number of rotatable bonds is 4. The average Bonchev–Trinajstić information content (AvgIpc) is 2.55. The zero-order chi connectivity index (χ0) is 10.0. The van der Waals surface area contributed by atoms with Gasteiger partial charge in [0, 0.05) is 19.6 Å². The van der Waals surface area contributed by atoms with Crippen LogP contribution in [0, 0.1) is 0 Å². The molecule has 3 heteroatoms. The van der Waals surface area contributed by atoms with E-state index in [0.29, 0.717) is 0 Å². The van der Waals surface area contributed by atoms with E-state index in [2.05, 4.69) is 0 Å². The normalized spacial score (nSPS) is 21.6. The standard InChI is InChI=1S/C11H17NO2/c1-13-11(5-3-6-11)10(12)8-9-4-2-7-14-9/h2,4,7,10H,3,5-6,8,12H2,1H3. The second-order valence-corrected chi connectivity index (χ2v) is 4.01. The molecule has 1 aliphatic rings. The van der Waals surface area contributed by atoms with Crippen molar-refractivity contribution in [2.75, 3.05) is 7.11 Å². The van der Waals surface area contributed by atoms with Crippen molar-refractivity contribution in [3.63, 3.8) is 0 Å². The summed E-state index contributed by atoms with van der Waals surface area (Å²) in [5, 5.41) is 0. The van der Waals surface area contributed by atoms with Crippen molar-refractivity contribution in [1.82, 2.24) is 0 Å². The summed E-state index contributed by atoms with van der Waals surface area (Å²) in [6, 6.07) is 3.90. The molecule has 2 N–H and O–H groups in total. The molecule has 0 aliphatic heterocycles. The fourth-order valence-corrected chi connectivity index (χ4v) is 2.08. The molecule has 1 aromatic rings. The Hall–Kier alpha value is -0.800. The molecule has 0 amide bonds. The lowest BCUT2D eigenvalue weighted by atomic mass is 9.73. The molecule has 0 spiro atoms. The fourth-order valence-electron chi connectivity index (χ4n) is 2.08. The van der Waals surface area contributed by atoms with Crippen LogP contribution in [-0.2, 0) is 11.2 Å². The zero-order valence-corrected chi connectivity index (χ0v) is 8.53. The van der Waals surface area contributed by atoms with Crippen molar-refractivity contribution in [2.24, 2.45) is 5.73 Å². The van der Waals surface area contributed by atoms with Crippen LogP contribution in [-0.4, -0.2) is 18.8 Å². The summed E-state index contributed by atoms with van der Waals surface area (Å²) >= 11 is 0. The van der Waals surface area contributed by atoms with E-state index in [1.165, 1.54) is 6.42 Å². The molecule has 0 bridgehead atoms. The summed E-state index contributed by atoms with van der Waals surface area (Å²) in [4.78, 5) is 0. The average molecular weight is 195 g/mol. The summed E-state index contributed by atoms with van der Waals surface area (Å²) in [6.07, 6.45) is 5.82. The summed E-state index contributed by atoms with van der Waals surface area (Å²) in [5.41, 5.74) is 6.04. The van der Waals surface area contributed by atoms with Crippen LogP contribution >= 0.6 is 0 Å². The topological polar surface area (TPSA) is 48.4 Å². The summed E-state index contributed by atoms with van der Waals surface area (Å²) in [5.74, 6) is 0.945. The van der Waals surface area contributed by atoms with Crippen LogP contribution in [0.15, 0.2) is 22.8 Å². The fraction of sp³-hybridized carbons (Fsp3) is 0.636. The predicted molar refractivity (Wildman–Crippen MR) is 54.0 cm³/mol. The minimum atomic E-state index is -0.0905. The highest BCUT2D eigenvalue weighted by molar-refractivity contribution is 5.06. The van der Waals surface area contributed by atoms with Crippen LogP contribution in [0.3, 0.4) is 0 Å². The van der Waals surface area contributed by atoms with Gasteiger partial charge in [0.25, 0.3) is 0 Å². The Morgan fingerprint density at radius 2 is 2.43 bits per heavy atom. The first-order valence-corrected chi connectivity index (χ1v) is 5.10. The molecule has 1 aliphatic carbocycles. The van der Waals surface area contributed by atoms with Gasteiger partial charge in [0.1, 0.15) is 5.76 Å². The maximum Gasteiger partial charge on any atom is 0.105 e. The van der Waals surface area contributed by atoms with Crippen molar-refractivity contribution in [3.8, 4) is 0 Å². The van der Waals surface area contributed by atoms with E-state index >= 15 is 0 Å². The Kier molecular flexibility index (Phi) is 2.61. The number of furan rings is 1. The van der Waals surface area contributed by atoms with E-state index in [1.54, 1.807) is 13.4 Å². The van der Waals surface area contributed by atoms with Crippen LogP contribution in [0.5, 0.6) is 0 Å².